The monoisotopic (exact) mass is 347 g/mol. The topological polar surface area (TPSA) is 47.6 Å². The lowest BCUT2D eigenvalue weighted by atomic mass is 10.0. The second kappa shape index (κ2) is 7.88. The second-order valence-corrected chi connectivity index (χ2v) is 6.11. The normalized spacial score (nSPS) is 18.5. The lowest BCUT2D eigenvalue weighted by Gasteiger charge is -2.14. The lowest BCUT2D eigenvalue weighted by molar-refractivity contribution is -0.124. The Morgan fingerprint density at radius 1 is 1.38 bits per heavy atom. The molecule has 1 atom stereocenters. The Balaban J connectivity index is 0.00000312. The Bertz CT molecular complexity index is 584. The summed E-state index contributed by atoms with van der Waals surface area (Å²) in [7, 11) is 0. The highest BCUT2D eigenvalue weighted by molar-refractivity contribution is 5.82. The second-order valence-electron chi connectivity index (χ2n) is 6.11. The Morgan fingerprint density at radius 2 is 2.08 bits per heavy atom. The molecule has 7 heteroatoms. The van der Waals surface area contributed by atoms with Gasteiger partial charge in [0.15, 0.2) is 0 Å². The van der Waals surface area contributed by atoms with E-state index in [0.29, 0.717) is 5.75 Å². The minimum Gasteiger partial charge on any atom is -0.491 e. The zero-order valence-corrected chi connectivity index (χ0v) is 13.8. The van der Waals surface area contributed by atoms with Gasteiger partial charge in [-0.25, -0.2) is 13.2 Å². The molecular formula is C17H24F3NO3. The number of ether oxygens (including phenoxy) is 2. The molecule has 1 fully saturated rings. The highest BCUT2D eigenvalue weighted by Gasteiger charge is 2.61. The molecule has 24 heavy (non-hydrogen) atoms. The number of alkyl halides is 2. The van der Waals surface area contributed by atoms with Crippen molar-refractivity contribution in [2.75, 3.05) is 26.4 Å². The van der Waals surface area contributed by atoms with Crippen LogP contribution in [-0.4, -0.2) is 38.2 Å². The van der Waals surface area contributed by atoms with Gasteiger partial charge in [-0.1, -0.05) is 19.9 Å². The van der Waals surface area contributed by atoms with Gasteiger partial charge in [-0.05, 0) is 17.5 Å². The molecule has 1 aliphatic carbocycles. The third-order valence-corrected chi connectivity index (χ3v) is 3.77. The van der Waals surface area contributed by atoms with Crippen LogP contribution in [0, 0.1) is 11.7 Å². The van der Waals surface area contributed by atoms with E-state index in [1.165, 1.54) is 12.1 Å². The van der Waals surface area contributed by atoms with E-state index in [9.17, 15) is 18.0 Å². The molecule has 0 heterocycles. The van der Waals surface area contributed by atoms with E-state index >= 15 is 0 Å². The Hall–Kier alpha value is -1.76. The smallest absolute Gasteiger partial charge is 0.260 e. The first kappa shape index (κ1) is 18.6. The predicted molar refractivity (Wildman–Crippen MR) is 85.0 cm³/mol. The molecule has 1 aliphatic rings. The first-order valence-electron chi connectivity index (χ1n) is 7.97. The summed E-state index contributed by atoms with van der Waals surface area (Å²) in [6, 6.07) is 4.43. The quantitative estimate of drug-likeness (QED) is 0.697. The van der Waals surface area contributed by atoms with Crippen LogP contribution < -0.4 is 10.1 Å². The first-order chi connectivity index (χ1) is 11.3. The van der Waals surface area contributed by atoms with Gasteiger partial charge >= 0.3 is 0 Å². The van der Waals surface area contributed by atoms with Crippen LogP contribution in [0.2, 0.25) is 0 Å². The molecule has 1 unspecified atom stereocenters. The van der Waals surface area contributed by atoms with Crippen molar-refractivity contribution in [2.45, 2.75) is 32.1 Å². The van der Waals surface area contributed by atoms with Gasteiger partial charge in [-0.2, -0.15) is 0 Å². The molecule has 0 aliphatic heterocycles. The number of rotatable bonds is 9. The number of carbonyl (C=O) groups is 1. The molecule has 1 saturated carbocycles. The van der Waals surface area contributed by atoms with E-state index in [1.807, 2.05) is 13.8 Å². The van der Waals surface area contributed by atoms with Crippen molar-refractivity contribution in [3.63, 3.8) is 0 Å². The van der Waals surface area contributed by atoms with Gasteiger partial charge < -0.3 is 14.8 Å². The maximum atomic E-state index is 13.3. The summed E-state index contributed by atoms with van der Waals surface area (Å²) in [6.07, 6.45) is -0.376. The fourth-order valence-corrected chi connectivity index (χ4v) is 2.29. The minimum atomic E-state index is -2.85. The summed E-state index contributed by atoms with van der Waals surface area (Å²) >= 11 is 0. The van der Waals surface area contributed by atoms with Gasteiger partial charge in [0, 0.05) is 20.5 Å². The van der Waals surface area contributed by atoms with Gasteiger partial charge in [0.25, 0.3) is 5.92 Å². The van der Waals surface area contributed by atoms with E-state index in [0.717, 1.165) is 5.56 Å². The molecule has 1 amide bonds. The van der Waals surface area contributed by atoms with E-state index < -0.39 is 17.7 Å². The molecule has 0 bridgehead atoms. The summed E-state index contributed by atoms with van der Waals surface area (Å²) in [4.78, 5) is 11.3. The van der Waals surface area contributed by atoms with Crippen LogP contribution in [-0.2, 0) is 9.53 Å². The number of benzene rings is 1. The van der Waals surface area contributed by atoms with Gasteiger partial charge in [-0.3, -0.25) is 4.79 Å². The fourth-order valence-electron chi connectivity index (χ4n) is 2.29. The van der Waals surface area contributed by atoms with E-state index in [-0.39, 0.29) is 45.9 Å². The van der Waals surface area contributed by atoms with Gasteiger partial charge in [-0.15, -0.1) is 0 Å². The van der Waals surface area contributed by atoms with Crippen LogP contribution in [0.25, 0.3) is 0 Å². The Labute approximate surface area is 140 Å². The number of amides is 1. The molecule has 2 rings (SSSR count). The molecule has 1 N–H and O–H groups in total. The molecule has 0 radical (unpaired) electrons. The maximum absolute atomic E-state index is 13.3. The van der Waals surface area contributed by atoms with Crippen molar-refractivity contribution in [2.24, 2.45) is 5.92 Å². The van der Waals surface area contributed by atoms with Crippen LogP contribution in [0.5, 0.6) is 5.75 Å². The number of hydrogen-bond acceptors (Lipinski definition) is 3. The zero-order chi connectivity index (χ0) is 17.7. The third-order valence-electron chi connectivity index (χ3n) is 3.77. The first-order valence-corrected chi connectivity index (χ1v) is 7.97. The van der Waals surface area contributed by atoms with Crippen LogP contribution >= 0.6 is 0 Å². The number of nitrogens with one attached hydrogen (secondary N) is 1. The number of halogens is 3. The van der Waals surface area contributed by atoms with E-state index in [4.69, 9.17) is 9.47 Å². The van der Waals surface area contributed by atoms with Gasteiger partial charge in [0.2, 0.25) is 5.91 Å². The van der Waals surface area contributed by atoms with Crippen LogP contribution in [0.15, 0.2) is 18.2 Å². The highest BCUT2D eigenvalue weighted by atomic mass is 19.3. The van der Waals surface area contributed by atoms with Crippen molar-refractivity contribution in [1.82, 2.24) is 5.32 Å². The van der Waals surface area contributed by atoms with Crippen LogP contribution in [0.1, 0.15) is 33.2 Å². The lowest BCUT2D eigenvalue weighted by Crippen LogP contribution is -2.30. The SMILES string of the molecule is CC(C)c1ccc(F)cc1OCCOCCNC(=O)C1CC1(F)F.[HH]. The average Bonchev–Trinajstić information content (AvgIpc) is 3.14. The molecular weight excluding hydrogens is 323 g/mol. The van der Waals surface area contributed by atoms with Crippen molar-refractivity contribution in [3.05, 3.63) is 29.6 Å². The van der Waals surface area contributed by atoms with Crippen LogP contribution in [0.3, 0.4) is 0 Å². The summed E-state index contributed by atoms with van der Waals surface area (Å²) in [5.74, 6) is -4.35. The van der Waals surface area contributed by atoms with Crippen molar-refractivity contribution in [1.29, 1.82) is 0 Å². The molecule has 0 saturated heterocycles. The fraction of sp³-hybridized carbons (Fsp3) is 0.588. The maximum Gasteiger partial charge on any atom is 0.260 e. The average molecular weight is 347 g/mol. The molecule has 0 aromatic heterocycles. The predicted octanol–water partition coefficient (Wildman–Crippen LogP) is 3.36. The summed E-state index contributed by atoms with van der Waals surface area (Å²) < 4.78 is 49.4. The summed E-state index contributed by atoms with van der Waals surface area (Å²) in [6.45, 7) is 4.84. The van der Waals surface area contributed by atoms with E-state index in [2.05, 4.69) is 5.32 Å². The van der Waals surface area contributed by atoms with Crippen molar-refractivity contribution in [3.8, 4) is 5.75 Å². The zero-order valence-electron chi connectivity index (χ0n) is 13.8. The van der Waals surface area contributed by atoms with Crippen LogP contribution in [0.4, 0.5) is 13.2 Å². The summed E-state index contributed by atoms with van der Waals surface area (Å²) in [5, 5.41) is 2.41. The molecule has 1 aromatic rings. The number of carbonyl (C=O) groups excluding carboxylic acids is 1. The molecule has 4 nitrogen and oxygen atoms in total. The van der Waals surface area contributed by atoms with Gasteiger partial charge in [0.1, 0.15) is 24.1 Å². The largest absolute Gasteiger partial charge is 0.491 e. The highest BCUT2D eigenvalue weighted by Crippen LogP contribution is 2.48. The molecule has 0 spiro atoms. The minimum absolute atomic E-state index is 0. The summed E-state index contributed by atoms with van der Waals surface area (Å²) in [5.41, 5.74) is 0.911. The van der Waals surface area contributed by atoms with Crippen molar-refractivity contribution >= 4 is 5.91 Å². The molecule has 136 valence electrons. The molecule has 1 aromatic carbocycles. The third kappa shape index (κ3) is 5.12. The van der Waals surface area contributed by atoms with E-state index in [1.54, 1.807) is 6.07 Å². The van der Waals surface area contributed by atoms with Gasteiger partial charge in [0.05, 0.1) is 13.2 Å². The Morgan fingerprint density at radius 3 is 2.71 bits per heavy atom. The standard InChI is InChI=1S/C17H22F3NO3.H2/c1-11(2)13-4-3-12(18)9-15(13)24-8-7-23-6-5-21-16(22)14-10-17(14,19)20;/h3-4,9,11,14H,5-8,10H2,1-2H3,(H,21,22);1H. The number of hydrogen-bond donors (Lipinski definition) is 1. The van der Waals surface area contributed by atoms with Crippen molar-refractivity contribution < 1.29 is 28.9 Å². The Kier molecular flexibility index (Phi) is 6.10.